The van der Waals surface area contributed by atoms with Crippen LogP contribution in [0, 0.1) is 0 Å². The Labute approximate surface area is 148 Å². The average molecular weight is 344 g/mol. The number of carbonyl (C=O) groups is 1. The molecule has 0 atom stereocenters. The molecule has 0 unspecified atom stereocenters. The van der Waals surface area contributed by atoms with Crippen molar-refractivity contribution in [3.05, 3.63) is 48.2 Å². The van der Waals surface area contributed by atoms with E-state index in [2.05, 4.69) is 10.3 Å². The van der Waals surface area contributed by atoms with Gasteiger partial charge in [-0.1, -0.05) is 25.1 Å². The lowest BCUT2D eigenvalue weighted by atomic mass is 10.2. The van der Waals surface area contributed by atoms with Gasteiger partial charge in [0.2, 0.25) is 11.8 Å². The second-order valence-electron chi connectivity index (χ2n) is 5.38. The molecule has 25 heavy (non-hydrogen) atoms. The zero-order valence-electron chi connectivity index (χ0n) is 14.7. The van der Waals surface area contributed by atoms with Crippen LogP contribution in [0.3, 0.4) is 0 Å². The van der Waals surface area contributed by atoms with Gasteiger partial charge >= 0.3 is 0 Å². The van der Waals surface area contributed by atoms with E-state index in [-0.39, 0.29) is 5.91 Å². The predicted octanol–water partition coefficient (Wildman–Crippen LogP) is 3.32. The van der Waals surface area contributed by atoms with Crippen molar-refractivity contribution < 1.29 is 19.0 Å². The van der Waals surface area contributed by atoms with E-state index in [1.807, 2.05) is 43.3 Å². The Balaban J connectivity index is 2.07. The number of nitrogens with zero attached hydrogens (tertiary/aromatic N) is 1. The second-order valence-corrected chi connectivity index (χ2v) is 5.38. The summed E-state index contributed by atoms with van der Waals surface area (Å²) in [6.45, 7) is 3.39. The molecule has 0 saturated heterocycles. The fraction of sp³-hybridized carbons (Fsp3) is 0.368. The number of nitrogens with one attached hydrogen (secondary N) is 1. The highest BCUT2D eigenvalue weighted by molar-refractivity contribution is 5.76. The molecule has 1 amide bonds. The normalized spacial score (nSPS) is 10.3. The van der Waals surface area contributed by atoms with E-state index in [4.69, 9.17) is 14.2 Å². The minimum absolute atomic E-state index is 0.0802. The van der Waals surface area contributed by atoms with Crippen LogP contribution >= 0.6 is 0 Å². The van der Waals surface area contributed by atoms with Crippen LogP contribution in [0.2, 0.25) is 0 Å². The second kappa shape index (κ2) is 10.3. The summed E-state index contributed by atoms with van der Waals surface area (Å²) in [7, 11) is 1.57. The largest absolute Gasteiger partial charge is 0.490 e. The summed E-state index contributed by atoms with van der Waals surface area (Å²) in [5.74, 6) is 1.64. The zero-order valence-corrected chi connectivity index (χ0v) is 14.7. The van der Waals surface area contributed by atoms with E-state index in [0.29, 0.717) is 43.6 Å². The third-order valence-corrected chi connectivity index (χ3v) is 3.38. The van der Waals surface area contributed by atoms with E-state index >= 15 is 0 Å². The molecule has 1 N–H and O–H groups in total. The van der Waals surface area contributed by atoms with Gasteiger partial charge in [0.05, 0.1) is 13.2 Å². The molecule has 1 aromatic carbocycles. The number of amides is 1. The van der Waals surface area contributed by atoms with Crippen LogP contribution < -0.4 is 14.8 Å². The summed E-state index contributed by atoms with van der Waals surface area (Å²) in [5.41, 5.74) is 0.790. The van der Waals surface area contributed by atoms with Crippen molar-refractivity contribution >= 4 is 5.91 Å². The third-order valence-electron chi connectivity index (χ3n) is 3.38. The van der Waals surface area contributed by atoms with Crippen molar-refractivity contribution in [2.24, 2.45) is 0 Å². The number of pyridine rings is 1. The molecule has 0 spiro atoms. The first-order valence-electron chi connectivity index (χ1n) is 8.33. The van der Waals surface area contributed by atoms with Crippen molar-refractivity contribution in [3.63, 3.8) is 0 Å². The molecule has 0 saturated carbocycles. The van der Waals surface area contributed by atoms with E-state index in [0.717, 1.165) is 12.0 Å². The zero-order chi connectivity index (χ0) is 17.9. The van der Waals surface area contributed by atoms with Gasteiger partial charge in [0, 0.05) is 31.8 Å². The number of methoxy groups -OCH3 is 1. The number of carbonyl (C=O) groups excluding carboxylic acids is 1. The number of para-hydroxylation sites is 2. The number of hydrogen-bond acceptors (Lipinski definition) is 5. The Morgan fingerprint density at radius 1 is 1.12 bits per heavy atom. The number of rotatable bonds is 10. The summed E-state index contributed by atoms with van der Waals surface area (Å²) in [6, 6.07) is 11.1. The lowest BCUT2D eigenvalue weighted by Crippen LogP contribution is -2.24. The van der Waals surface area contributed by atoms with Gasteiger partial charge in [-0.15, -0.1) is 0 Å². The Hall–Kier alpha value is -2.60. The van der Waals surface area contributed by atoms with Crippen LogP contribution in [-0.2, 0) is 16.1 Å². The predicted molar refractivity (Wildman–Crippen MR) is 94.9 cm³/mol. The summed E-state index contributed by atoms with van der Waals surface area (Å²) in [5, 5.41) is 2.84. The molecule has 0 bridgehead atoms. The molecule has 2 rings (SSSR count). The molecule has 1 heterocycles. The standard InChI is InChI=1S/C19H24N2O4/c1-3-12-24-16-8-4-5-9-17(16)25-19-15(7-6-11-20-19)14-21-18(22)10-13-23-2/h4-9,11H,3,10,12-14H2,1-2H3,(H,21,22). The molecule has 0 aliphatic heterocycles. The summed E-state index contributed by atoms with van der Waals surface area (Å²) >= 11 is 0. The smallest absolute Gasteiger partial charge is 0.224 e. The molecule has 6 heteroatoms. The quantitative estimate of drug-likeness (QED) is 0.716. The van der Waals surface area contributed by atoms with Gasteiger partial charge in [-0.3, -0.25) is 4.79 Å². The van der Waals surface area contributed by atoms with Crippen molar-refractivity contribution in [1.82, 2.24) is 10.3 Å². The van der Waals surface area contributed by atoms with Crippen LogP contribution in [-0.4, -0.2) is 31.2 Å². The average Bonchev–Trinajstić information content (AvgIpc) is 2.65. The van der Waals surface area contributed by atoms with Crippen LogP contribution in [0.15, 0.2) is 42.6 Å². The summed E-state index contributed by atoms with van der Waals surface area (Å²) in [4.78, 5) is 16.0. The first kappa shape index (κ1) is 18.7. The van der Waals surface area contributed by atoms with Gasteiger partial charge in [0.1, 0.15) is 0 Å². The van der Waals surface area contributed by atoms with Gasteiger partial charge in [0.25, 0.3) is 0 Å². The molecular formula is C19H24N2O4. The van der Waals surface area contributed by atoms with Gasteiger partial charge in [-0.2, -0.15) is 0 Å². The minimum Gasteiger partial charge on any atom is -0.490 e. The maximum absolute atomic E-state index is 11.7. The number of ether oxygens (including phenoxy) is 3. The van der Waals surface area contributed by atoms with Gasteiger partial charge < -0.3 is 19.5 Å². The molecule has 0 aliphatic rings. The molecule has 0 fully saturated rings. The first-order chi connectivity index (χ1) is 12.2. The number of hydrogen-bond donors (Lipinski definition) is 1. The molecular weight excluding hydrogens is 320 g/mol. The highest BCUT2D eigenvalue weighted by Crippen LogP contribution is 2.31. The minimum atomic E-state index is -0.0802. The topological polar surface area (TPSA) is 69.7 Å². The Morgan fingerprint density at radius 3 is 2.68 bits per heavy atom. The van der Waals surface area contributed by atoms with Crippen LogP contribution in [0.4, 0.5) is 0 Å². The van der Waals surface area contributed by atoms with Crippen molar-refractivity contribution in [2.75, 3.05) is 20.3 Å². The lowest BCUT2D eigenvalue weighted by molar-refractivity contribution is -0.122. The van der Waals surface area contributed by atoms with E-state index < -0.39 is 0 Å². The molecule has 0 radical (unpaired) electrons. The summed E-state index contributed by atoms with van der Waals surface area (Å²) in [6.07, 6.45) is 2.89. The molecule has 6 nitrogen and oxygen atoms in total. The lowest BCUT2D eigenvalue weighted by Gasteiger charge is -2.14. The Morgan fingerprint density at radius 2 is 1.92 bits per heavy atom. The fourth-order valence-corrected chi connectivity index (χ4v) is 2.10. The van der Waals surface area contributed by atoms with E-state index in [1.54, 1.807) is 13.3 Å². The highest BCUT2D eigenvalue weighted by atomic mass is 16.5. The van der Waals surface area contributed by atoms with Crippen LogP contribution in [0.5, 0.6) is 17.4 Å². The van der Waals surface area contributed by atoms with Crippen LogP contribution in [0.1, 0.15) is 25.3 Å². The number of aromatic nitrogens is 1. The van der Waals surface area contributed by atoms with Crippen molar-refractivity contribution in [1.29, 1.82) is 0 Å². The molecule has 2 aromatic rings. The summed E-state index contributed by atoms with van der Waals surface area (Å²) < 4.78 is 16.5. The number of benzene rings is 1. The van der Waals surface area contributed by atoms with Crippen molar-refractivity contribution in [3.8, 4) is 17.4 Å². The van der Waals surface area contributed by atoms with E-state index in [1.165, 1.54) is 0 Å². The third kappa shape index (κ3) is 6.08. The van der Waals surface area contributed by atoms with Crippen LogP contribution in [0.25, 0.3) is 0 Å². The van der Waals surface area contributed by atoms with Gasteiger partial charge in [-0.05, 0) is 24.6 Å². The SMILES string of the molecule is CCCOc1ccccc1Oc1ncccc1CNC(=O)CCOC. The molecule has 134 valence electrons. The van der Waals surface area contributed by atoms with Crippen molar-refractivity contribution in [2.45, 2.75) is 26.3 Å². The van der Waals surface area contributed by atoms with E-state index in [9.17, 15) is 4.79 Å². The Bertz CT molecular complexity index is 676. The highest BCUT2D eigenvalue weighted by Gasteiger charge is 2.11. The fourth-order valence-electron chi connectivity index (χ4n) is 2.10. The molecule has 1 aromatic heterocycles. The van der Waals surface area contributed by atoms with Gasteiger partial charge in [0.15, 0.2) is 11.5 Å². The maximum atomic E-state index is 11.7. The first-order valence-corrected chi connectivity index (χ1v) is 8.33. The van der Waals surface area contributed by atoms with Gasteiger partial charge in [-0.25, -0.2) is 4.98 Å². The Kier molecular flexibility index (Phi) is 7.72. The maximum Gasteiger partial charge on any atom is 0.224 e. The monoisotopic (exact) mass is 344 g/mol. The molecule has 0 aliphatic carbocycles.